The molecule has 2 aliphatic heterocycles. The SMILES string of the molecule is CCC(=O)N[C@]1(c2ccccc2)CCN(CC(=O)N2CCc3ccccc32)C[C@H]1O. The molecule has 2 aromatic rings. The molecule has 4 rings (SSSR count). The molecule has 2 N–H and O–H groups in total. The van der Waals surface area contributed by atoms with Gasteiger partial charge in [0.2, 0.25) is 11.8 Å². The molecule has 2 atom stereocenters. The zero-order valence-electron chi connectivity index (χ0n) is 17.4. The van der Waals surface area contributed by atoms with Gasteiger partial charge >= 0.3 is 0 Å². The molecule has 2 aromatic carbocycles. The van der Waals surface area contributed by atoms with Gasteiger partial charge in [-0.2, -0.15) is 0 Å². The summed E-state index contributed by atoms with van der Waals surface area (Å²) in [6.07, 6.45) is 0.985. The van der Waals surface area contributed by atoms with E-state index in [4.69, 9.17) is 0 Å². The number of amides is 2. The normalized spacial score (nSPS) is 23.8. The van der Waals surface area contributed by atoms with Gasteiger partial charge in [-0.25, -0.2) is 0 Å². The third-order valence-corrected chi connectivity index (χ3v) is 6.34. The number of para-hydroxylation sites is 1. The Morgan fingerprint density at radius 3 is 2.57 bits per heavy atom. The van der Waals surface area contributed by atoms with Crippen LogP contribution in [0, 0.1) is 0 Å². The monoisotopic (exact) mass is 407 g/mol. The molecule has 6 heteroatoms. The van der Waals surface area contributed by atoms with Crippen molar-refractivity contribution in [2.75, 3.05) is 31.1 Å². The third kappa shape index (κ3) is 3.85. The second kappa shape index (κ2) is 8.58. The minimum Gasteiger partial charge on any atom is -0.389 e. The Hall–Kier alpha value is -2.70. The van der Waals surface area contributed by atoms with Gasteiger partial charge in [0, 0.05) is 31.7 Å². The maximum Gasteiger partial charge on any atom is 0.241 e. The number of carbonyl (C=O) groups is 2. The van der Waals surface area contributed by atoms with E-state index in [2.05, 4.69) is 11.4 Å². The Labute approximate surface area is 177 Å². The minimum absolute atomic E-state index is 0.0527. The molecule has 2 aliphatic rings. The number of hydrogen-bond acceptors (Lipinski definition) is 4. The van der Waals surface area contributed by atoms with Gasteiger partial charge in [-0.05, 0) is 30.0 Å². The molecular weight excluding hydrogens is 378 g/mol. The molecule has 6 nitrogen and oxygen atoms in total. The molecule has 2 heterocycles. The first-order chi connectivity index (χ1) is 14.5. The smallest absolute Gasteiger partial charge is 0.241 e. The second-order valence-electron chi connectivity index (χ2n) is 8.16. The Morgan fingerprint density at radius 1 is 1.10 bits per heavy atom. The number of fused-ring (bicyclic) bond motifs is 1. The van der Waals surface area contributed by atoms with Crippen LogP contribution in [-0.2, 0) is 21.5 Å². The number of nitrogens with one attached hydrogen (secondary N) is 1. The summed E-state index contributed by atoms with van der Waals surface area (Å²) in [6, 6.07) is 17.7. The fraction of sp³-hybridized carbons (Fsp3) is 0.417. The van der Waals surface area contributed by atoms with Crippen molar-refractivity contribution in [2.24, 2.45) is 0 Å². The van der Waals surface area contributed by atoms with Crippen molar-refractivity contribution >= 4 is 17.5 Å². The van der Waals surface area contributed by atoms with Crippen LogP contribution in [-0.4, -0.2) is 54.1 Å². The molecule has 0 radical (unpaired) electrons. The lowest BCUT2D eigenvalue weighted by Crippen LogP contribution is -2.62. The molecule has 0 spiro atoms. The minimum atomic E-state index is -0.825. The van der Waals surface area contributed by atoms with Gasteiger partial charge in [0.25, 0.3) is 0 Å². The van der Waals surface area contributed by atoms with Crippen LogP contribution in [0.1, 0.15) is 30.9 Å². The number of β-amino-alcohol motifs (C(OH)–C–C–N with tert-alkyl or cyclic N) is 1. The molecular formula is C24H29N3O3. The van der Waals surface area contributed by atoms with E-state index in [1.54, 1.807) is 0 Å². The lowest BCUT2D eigenvalue weighted by molar-refractivity contribution is -0.128. The van der Waals surface area contributed by atoms with Crippen LogP contribution in [0.3, 0.4) is 0 Å². The predicted molar refractivity (Wildman–Crippen MR) is 116 cm³/mol. The molecule has 0 unspecified atom stereocenters. The van der Waals surface area contributed by atoms with Crippen molar-refractivity contribution in [3.8, 4) is 0 Å². The molecule has 0 aromatic heterocycles. The first-order valence-electron chi connectivity index (χ1n) is 10.7. The standard InChI is InChI=1S/C24H29N3O3/c1-2-22(29)25-24(19-9-4-3-5-10-19)13-15-26(16-21(24)28)17-23(30)27-14-12-18-8-6-7-11-20(18)27/h3-11,21,28H,2,12-17H2,1H3,(H,25,29)/t21-,24+/m1/s1. The van der Waals surface area contributed by atoms with Crippen molar-refractivity contribution in [3.05, 3.63) is 65.7 Å². The highest BCUT2D eigenvalue weighted by molar-refractivity contribution is 5.96. The van der Waals surface area contributed by atoms with Crippen molar-refractivity contribution in [1.29, 1.82) is 0 Å². The summed E-state index contributed by atoms with van der Waals surface area (Å²) >= 11 is 0. The fourth-order valence-corrected chi connectivity index (χ4v) is 4.64. The van der Waals surface area contributed by atoms with Crippen LogP contribution >= 0.6 is 0 Å². The number of nitrogens with zero attached hydrogens (tertiary/aromatic N) is 2. The van der Waals surface area contributed by atoms with Gasteiger partial charge in [0.15, 0.2) is 0 Å². The number of anilines is 1. The van der Waals surface area contributed by atoms with E-state index in [1.807, 2.05) is 65.3 Å². The Bertz CT molecular complexity index is 917. The van der Waals surface area contributed by atoms with E-state index in [9.17, 15) is 14.7 Å². The van der Waals surface area contributed by atoms with Crippen LogP contribution in [0.2, 0.25) is 0 Å². The van der Waals surface area contributed by atoms with Gasteiger partial charge in [-0.3, -0.25) is 14.5 Å². The second-order valence-corrected chi connectivity index (χ2v) is 8.16. The van der Waals surface area contributed by atoms with Crippen molar-refractivity contribution < 1.29 is 14.7 Å². The van der Waals surface area contributed by atoms with Crippen LogP contribution < -0.4 is 10.2 Å². The number of hydrogen-bond donors (Lipinski definition) is 2. The molecule has 158 valence electrons. The van der Waals surface area contributed by atoms with Gasteiger partial charge in [0.1, 0.15) is 0 Å². The number of benzene rings is 2. The molecule has 0 saturated carbocycles. The summed E-state index contributed by atoms with van der Waals surface area (Å²) in [5.74, 6) is -0.0342. The van der Waals surface area contributed by atoms with E-state index in [0.717, 1.165) is 17.7 Å². The summed E-state index contributed by atoms with van der Waals surface area (Å²) < 4.78 is 0. The molecule has 0 bridgehead atoms. The van der Waals surface area contributed by atoms with Gasteiger partial charge in [-0.15, -0.1) is 0 Å². The van der Waals surface area contributed by atoms with Crippen LogP contribution in [0.15, 0.2) is 54.6 Å². The summed E-state index contributed by atoms with van der Waals surface area (Å²) in [6.45, 7) is 3.73. The van der Waals surface area contributed by atoms with Crippen molar-refractivity contribution in [3.63, 3.8) is 0 Å². The molecule has 0 aliphatic carbocycles. The topological polar surface area (TPSA) is 72.9 Å². The van der Waals surface area contributed by atoms with Crippen LogP contribution in [0.4, 0.5) is 5.69 Å². The molecule has 1 saturated heterocycles. The Morgan fingerprint density at radius 2 is 1.83 bits per heavy atom. The van der Waals surface area contributed by atoms with E-state index in [-0.39, 0.29) is 18.4 Å². The highest BCUT2D eigenvalue weighted by Gasteiger charge is 2.45. The summed E-state index contributed by atoms with van der Waals surface area (Å²) in [5, 5.41) is 14.2. The summed E-state index contributed by atoms with van der Waals surface area (Å²) in [7, 11) is 0. The molecule has 30 heavy (non-hydrogen) atoms. The van der Waals surface area contributed by atoms with E-state index < -0.39 is 11.6 Å². The summed E-state index contributed by atoms with van der Waals surface area (Å²) in [4.78, 5) is 29.1. The van der Waals surface area contributed by atoms with E-state index in [0.29, 0.717) is 32.5 Å². The molecule has 2 amide bonds. The van der Waals surface area contributed by atoms with E-state index in [1.165, 1.54) is 5.56 Å². The van der Waals surface area contributed by atoms with Gasteiger partial charge < -0.3 is 15.3 Å². The largest absolute Gasteiger partial charge is 0.389 e. The number of aliphatic hydroxyl groups is 1. The number of likely N-dealkylation sites (tertiary alicyclic amines) is 1. The fourth-order valence-electron chi connectivity index (χ4n) is 4.64. The number of piperidine rings is 1. The van der Waals surface area contributed by atoms with Gasteiger partial charge in [0.05, 0.1) is 18.2 Å². The first kappa shape index (κ1) is 20.6. The number of carbonyl (C=O) groups excluding carboxylic acids is 2. The quantitative estimate of drug-likeness (QED) is 0.796. The lowest BCUT2D eigenvalue weighted by Gasteiger charge is -2.46. The maximum atomic E-state index is 13.0. The Balaban J connectivity index is 1.47. The first-order valence-corrected chi connectivity index (χ1v) is 10.7. The maximum absolute atomic E-state index is 13.0. The summed E-state index contributed by atoms with van der Waals surface area (Å²) in [5.41, 5.74) is 2.27. The highest BCUT2D eigenvalue weighted by atomic mass is 16.3. The predicted octanol–water partition coefficient (Wildman–Crippen LogP) is 2.06. The number of aliphatic hydroxyl groups excluding tert-OH is 1. The Kier molecular flexibility index (Phi) is 5.88. The van der Waals surface area contributed by atoms with Gasteiger partial charge in [-0.1, -0.05) is 55.5 Å². The average molecular weight is 408 g/mol. The van der Waals surface area contributed by atoms with Crippen molar-refractivity contribution in [2.45, 2.75) is 37.8 Å². The molecule has 1 fully saturated rings. The average Bonchev–Trinajstić information content (AvgIpc) is 3.20. The zero-order valence-corrected chi connectivity index (χ0v) is 17.4. The van der Waals surface area contributed by atoms with Crippen LogP contribution in [0.25, 0.3) is 0 Å². The van der Waals surface area contributed by atoms with Crippen LogP contribution in [0.5, 0.6) is 0 Å². The van der Waals surface area contributed by atoms with E-state index >= 15 is 0 Å². The zero-order chi connectivity index (χ0) is 21.1. The highest BCUT2D eigenvalue weighted by Crippen LogP contribution is 2.34. The third-order valence-electron chi connectivity index (χ3n) is 6.34. The number of rotatable bonds is 5. The van der Waals surface area contributed by atoms with Crippen molar-refractivity contribution in [1.82, 2.24) is 10.2 Å². The lowest BCUT2D eigenvalue weighted by atomic mass is 9.78.